The number of H-pyrrole nitrogens is 1. The number of nitrogens with zero attached hydrogens (tertiary/aromatic N) is 4. The number of piperidine rings is 1. The van der Waals surface area contributed by atoms with Crippen LogP contribution in [0.2, 0.25) is 0 Å². The summed E-state index contributed by atoms with van der Waals surface area (Å²) >= 11 is 0. The van der Waals surface area contributed by atoms with Crippen molar-refractivity contribution in [3.63, 3.8) is 0 Å². The van der Waals surface area contributed by atoms with Crippen LogP contribution in [0.15, 0.2) is 61.3 Å². The molecule has 1 aliphatic rings. The summed E-state index contributed by atoms with van der Waals surface area (Å²) < 4.78 is 41.9. The molecule has 164 valence electrons. The highest BCUT2D eigenvalue weighted by molar-refractivity contribution is 5.97. The third kappa shape index (κ3) is 3.74. The van der Waals surface area contributed by atoms with E-state index in [2.05, 4.69) is 15.0 Å². The molecule has 0 saturated carbocycles. The van der Waals surface area contributed by atoms with Gasteiger partial charge in [0.05, 0.1) is 34.8 Å². The Bertz CT molecular complexity index is 1250. The third-order valence-corrected chi connectivity index (χ3v) is 5.98. The van der Waals surface area contributed by atoms with Crippen LogP contribution in [0.3, 0.4) is 0 Å². The lowest BCUT2D eigenvalue weighted by molar-refractivity contribution is -0.138. The number of alkyl halides is 3. The predicted molar refractivity (Wildman–Crippen MR) is 113 cm³/mol. The van der Waals surface area contributed by atoms with Crippen LogP contribution >= 0.6 is 0 Å². The summed E-state index contributed by atoms with van der Waals surface area (Å²) in [5, 5.41) is 0. The SMILES string of the molecule is O=C(c1cc2ncc(-n3ccnc3)cc2[nH]1)N1CCC(c2ccccc2C(F)(F)F)CC1. The Morgan fingerprint density at radius 3 is 2.62 bits per heavy atom. The average Bonchev–Trinajstić information content (AvgIpc) is 3.48. The molecule has 3 aromatic heterocycles. The third-order valence-electron chi connectivity index (χ3n) is 5.98. The number of rotatable bonds is 3. The molecule has 0 unspecified atom stereocenters. The number of carbonyl (C=O) groups excluding carboxylic acids is 1. The summed E-state index contributed by atoms with van der Waals surface area (Å²) in [4.78, 5) is 26.3. The smallest absolute Gasteiger partial charge is 0.349 e. The van der Waals surface area contributed by atoms with E-state index >= 15 is 0 Å². The fourth-order valence-electron chi connectivity index (χ4n) is 4.34. The lowest BCUT2D eigenvalue weighted by Gasteiger charge is -2.33. The Morgan fingerprint density at radius 1 is 1.12 bits per heavy atom. The number of aromatic amines is 1. The van der Waals surface area contributed by atoms with Gasteiger partial charge in [-0.1, -0.05) is 18.2 Å². The van der Waals surface area contributed by atoms with E-state index in [1.807, 2.05) is 10.6 Å². The first-order valence-corrected chi connectivity index (χ1v) is 10.3. The van der Waals surface area contributed by atoms with Gasteiger partial charge in [-0.3, -0.25) is 9.78 Å². The number of hydrogen-bond donors (Lipinski definition) is 1. The molecule has 0 radical (unpaired) electrons. The molecule has 1 aromatic carbocycles. The number of nitrogens with one attached hydrogen (secondary N) is 1. The molecule has 1 fully saturated rings. The Labute approximate surface area is 181 Å². The normalized spacial score (nSPS) is 15.4. The second kappa shape index (κ2) is 7.81. The van der Waals surface area contributed by atoms with E-state index in [4.69, 9.17) is 0 Å². The highest BCUT2D eigenvalue weighted by Gasteiger charge is 2.36. The molecule has 9 heteroatoms. The molecule has 1 N–H and O–H groups in total. The zero-order valence-corrected chi connectivity index (χ0v) is 17.0. The molecule has 1 amide bonds. The van der Waals surface area contributed by atoms with Gasteiger partial charge in [0, 0.05) is 25.5 Å². The maximum Gasteiger partial charge on any atom is 0.416 e. The molecular formula is C23H20F3N5O. The van der Waals surface area contributed by atoms with Crippen LogP contribution in [-0.2, 0) is 6.18 Å². The molecule has 4 heterocycles. The van der Waals surface area contributed by atoms with E-state index in [9.17, 15) is 18.0 Å². The first-order valence-electron chi connectivity index (χ1n) is 10.3. The summed E-state index contributed by atoms with van der Waals surface area (Å²) in [5.74, 6) is -0.395. The van der Waals surface area contributed by atoms with Gasteiger partial charge in [-0.05, 0) is 42.5 Å². The standard InChI is InChI=1S/C23H20F3N5O/c24-23(25,26)18-4-2-1-3-17(18)15-5-8-30(9-6-15)22(32)21-12-19-20(29-21)11-16(13-28-19)31-10-7-27-14-31/h1-4,7,10-15,29H,5-6,8-9H2. The highest BCUT2D eigenvalue weighted by atomic mass is 19.4. The average molecular weight is 439 g/mol. The number of carbonyl (C=O) groups is 1. The number of fused-ring (bicyclic) bond motifs is 1. The van der Waals surface area contributed by atoms with Crippen LogP contribution in [0.1, 0.15) is 40.4 Å². The fourth-order valence-corrected chi connectivity index (χ4v) is 4.34. The zero-order chi connectivity index (χ0) is 22.3. The van der Waals surface area contributed by atoms with Gasteiger partial charge in [-0.2, -0.15) is 13.2 Å². The lowest BCUT2D eigenvalue weighted by atomic mass is 9.86. The van der Waals surface area contributed by atoms with Crippen molar-refractivity contribution >= 4 is 16.9 Å². The molecule has 32 heavy (non-hydrogen) atoms. The number of benzene rings is 1. The number of imidazole rings is 1. The summed E-state index contributed by atoms with van der Waals surface area (Å²) in [6, 6.07) is 9.32. The maximum absolute atomic E-state index is 13.4. The van der Waals surface area contributed by atoms with Crippen molar-refractivity contribution in [2.24, 2.45) is 0 Å². The first-order chi connectivity index (χ1) is 15.4. The summed E-state index contributed by atoms with van der Waals surface area (Å²) in [5.41, 5.74) is 2.37. The summed E-state index contributed by atoms with van der Waals surface area (Å²) in [6.07, 6.45) is 3.44. The van der Waals surface area contributed by atoms with Gasteiger partial charge < -0.3 is 14.5 Å². The van der Waals surface area contributed by atoms with Crippen molar-refractivity contribution in [2.45, 2.75) is 24.9 Å². The summed E-state index contributed by atoms with van der Waals surface area (Å²) in [6.45, 7) is 0.803. The molecule has 6 nitrogen and oxygen atoms in total. The van der Waals surface area contributed by atoms with E-state index in [-0.39, 0.29) is 11.8 Å². The highest BCUT2D eigenvalue weighted by Crippen LogP contribution is 2.38. The van der Waals surface area contributed by atoms with Crippen LogP contribution in [0.25, 0.3) is 16.7 Å². The van der Waals surface area contributed by atoms with Crippen molar-refractivity contribution in [1.29, 1.82) is 0 Å². The van der Waals surface area contributed by atoms with Crippen LogP contribution in [-0.4, -0.2) is 43.4 Å². The van der Waals surface area contributed by atoms with Crippen LogP contribution in [0.5, 0.6) is 0 Å². The summed E-state index contributed by atoms with van der Waals surface area (Å²) in [7, 11) is 0. The van der Waals surface area contributed by atoms with E-state index < -0.39 is 11.7 Å². The Balaban J connectivity index is 1.31. The van der Waals surface area contributed by atoms with Crippen molar-refractivity contribution in [1.82, 2.24) is 24.4 Å². The van der Waals surface area contributed by atoms with Gasteiger partial charge in [-0.15, -0.1) is 0 Å². The Hall–Kier alpha value is -3.62. The molecule has 4 aromatic rings. The first kappa shape index (κ1) is 20.3. The van der Waals surface area contributed by atoms with Crippen LogP contribution in [0, 0.1) is 0 Å². The van der Waals surface area contributed by atoms with Crippen molar-refractivity contribution in [3.05, 3.63) is 78.1 Å². The second-order valence-corrected chi connectivity index (χ2v) is 7.93. The molecule has 0 atom stereocenters. The number of likely N-dealkylation sites (tertiary alicyclic amines) is 1. The Kier molecular flexibility index (Phi) is 4.96. The molecular weight excluding hydrogens is 419 g/mol. The van der Waals surface area contributed by atoms with E-state index in [1.165, 1.54) is 6.07 Å². The van der Waals surface area contributed by atoms with Crippen LogP contribution in [0.4, 0.5) is 13.2 Å². The second-order valence-electron chi connectivity index (χ2n) is 7.93. The molecule has 0 aliphatic carbocycles. The molecule has 1 saturated heterocycles. The predicted octanol–water partition coefficient (Wildman–Crippen LogP) is 4.79. The minimum absolute atomic E-state index is 0.172. The quantitative estimate of drug-likeness (QED) is 0.499. The topological polar surface area (TPSA) is 66.8 Å². The van der Waals surface area contributed by atoms with Crippen molar-refractivity contribution < 1.29 is 18.0 Å². The number of halogens is 3. The van der Waals surface area contributed by atoms with Gasteiger partial charge in [-0.25, -0.2) is 4.98 Å². The zero-order valence-electron chi connectivity index (χ0n) is 17.0. The number of aromatic nitrogens is 4. The van der Waals surface area contributed by atoms with E-state index in [0.717, 1.165) is 17.3 Å². The largest absolute Gasteiger partial charge is 0.416 e. The molecule has 5 rings (SSSR count). The van der Waals surface area contributed by atoms with Gasteiger partial charge in [0.1, 0.15) is 5.69 Å². The number of amides is 1. The minimum Gasteiger partial charge on any atom is -0.349 e. The van der Waals surface area contributed by atoms with Gasteiger partial charge in [0.2, 0.25) is 0 Å². The maximum atomic E-state index is 13.4. The van der Waals surface area contributed by atoms with E-state index in [0.29, 0.717) is 42.7 Å². The fraction of sp³-hybridized carbons (Fsp3) is 0.261. The van der Waals surface area contributed by atoms with E-state index in [1.54, 1.807) is 48.0 Å². The Morgan fingerprint density at radius 2 is 1.91 bits per heavy atom. The monoisotopic (exact) mass is 439 g/mol. The molecule has 0 bridgehead atoms. The van der Waals surface area contributed by atoms with Gasteiger partial charge >= 0.3 is 6.18 Å². The lowest BCUT2D eigenvalue weighted by Crippen LogP contribution is -2.38. The number of pyridine rings is 1. The van der Waals surface area contributed by atoms with Gasteiger partial charge in [0.15, 0.2) is 0 Å². The van der Waals surface area contributed by atoms with Gasteiger partial charge in [0.25, 0.3) is 5.91 Å². The van der Waals surface area contributed by atoms with Crippen molar-refractivity contribution in [2.75, 3.05) is 13.1 Å². The van der Waals surface area contributed by atoms with Crippen LogP contribution < -0.4 is 0 Å². The number of hydrogen-bond acceptors (Lipinski definition) is 3. The molecule has 0 spiro atoms. The van der Waals surface area contributed by atoms with Crippen molar-refractivity contribution in [3.8, 4) is 5.69 Å². The minimum atomic E-state index is -4.38. The molecule has 1 aliphatic heterocycles.